The number of amides is 5. The van der Waals surface area contributed by atoms with E-state index in [-0.39, 0.29) is 69.0 Å². The summed E-state index contributed by atoms with van der Waals surface area (Å²) in [7, 11) is 0. The summed E-state index contributed by atoms with van der Waals surface area (Å²) in [5.41, 5.74) is 12.8. The third-order valence-electron chi connectivity index (χ3n) is 12.8. The summed E-state index contributed by atoms with van der Waals surface area (Å²) in [6.45, 7) is 5.41. The number of aromatic nitrogens is 2. The van der Waals surface area contributed by atoms with Crippen molar-refractivity contribution in [3.05, 3.63) is 122 Å². The Labute approximate surface area is 390 Å². The van der Waals surface area contributed by atoms with Crippen LogP contribution in [0.15, 0.2) is 71.5 Å². The zero-order valence-corrected chi connectivity index (χ0v) is 38.0. The van der Waals surface area contributed by atoms with Crippen molar-refractivity contribution >= 4 is 40.8 Å². The first-order valence-electron chi connectivity index (χ1n) is 22.8. The number of aryl methyl sites for hydroxylation is 2. The number of primary amides is 1. The first kappa shape index (κ1) is 47.3. The average Bonchev–Trinajstić information content (AvgIpc) is 3.84. The quantitative estimate of drug-likeness (QED) is 0.0386. The lowest BCUT2D eigenvalue weighted by molar-refractivity contribution is -0.157. The van der Waals surface area contributed by atoms with Crippen LogP contribution in [0.25, 0.3) is 33.4 Å². The van der Waals surface area contributed by atoms with Gasteiger partial charge in [-0.2, -0.15) is 0 Å². The van der Waals surface area contributed by atoms with Gasteiger partial charge in [0.2, 0.25) is 11.8 Å². The second-order valence-electron chi connectivity index (χ2n) is 17.6. The Bertz CT molecular complexity index is 2820. The van der Waals surface area contributed by atoms with E-state index in [1.165, 1.54) is 10.6 Å². The molecule has 2 aliphatic heterocycles. The van der Waals surface area contributed by atoms with Crippen LogP contribution in [-0.2, 0) is 48.2 Å². The summed E-state index contributed by atoms with van der Waals surface area (Å²) in [6.07, 6.45) is -0.276. The zero-order valence-electron chi connectivity index (χ0n) is 38.0. The number of aliphatic hydroxyl groups is 1. The first-order valence-corrected chi connectivity index (χ1v) is 22.8. The van der Waals surface area contributed by atoms with Gasteiger partial charge < -0.3 is 50.9 Å². The molecule has 8 rings (SSSR count). The molecule has 2 aromatic heterocycles. The number of rotatable bonds is 18. The Morgan fingerprint density at radius 1 is 0.926 bits per heavy atom. The summed E-state index contributed by atoms with van der Waals surface area (Å²) < 4.78 is 32.9. The number of unbranched alkanes of at least 4 members (excludes halogenated alkanes) is 1. The molecule has 5 aromatic rings. The molecule has 68 heavy (non-hydrogen) atoms. The lowest BCUT2D eigenvalue weighted by Crippen LogP contribution is -2.55. The van der Waals surface area contributed by atoms with Gasteiger partial charge >= 0.3 is 18.1 Å². The third-order valence-corrected chi connectivity index (χ3v) is 12.8. The highest BCUT2D eigenvalue weighted by Crippen LogP contribution is 2.44. The van der Waals surface area contributed by atoms with E-state index in [1.54, 1.807) is 32.9 Å². The van der Waals surface area contributed by atoms with E-state index in [1.807, 2.05) is 48.5 Å². The zero-order chi connectivity index (χ0) is 48.2. The number of cyclic esters (lactones) is 1. The predicted octanol–water partition coefficient (Wildman–Crippen LogP) is 4.87. The van der Waals surface area contributed by atoms with Gasteiger partial charge in [0.25, 0.3) is 5.56 Å². The number of hydrogen-bond donors (Lipinski definition) is 6. The lowest BCUT2D eigenvalue weighted by Gasteiger charge is -2.25. The molecule has 3 aliphatic rings. The van der Waals surface area contributed by atoms with Gasteiger partial charge in [0.1, 0.15) is 37.8 Å². The molecule has 3 atom stereocenters. The van der Waals surface area contributed by atoms with Crippen LogP contribution in [0.5, 0.6) is 0 Å². The van der Waals surface area contributed by atoms with Crippen molar-refractivity contribution in [2.45, 2.75) is 90.1 Å². The van der Waals surface area contributed by atoms with Crippen LogP contribution in [-0.4, -0.2) is 83.1 Å². The van der Waals surface area contributed by atoms with Gasteiger partial charge in [-0.05, 0) is 90.5 Å². The number of carbonyl (C=O) groups excluding carboxylic acids is 5. The topological polar surface area (TPSA) is 242 Å². The van der Waals surface area contributed by atoms with E-state index in [0.29, 0.717) is 48.2 Å². The van der Waals surface area contributed by atoms with Crippen LogP contribution in [0.1, 0.15) is 90.5 Å². The van der Waals surface area contributed by atoms with Crippen molar-refractivity contribution in [1.29, 1.82) is 0 Å². The number of fused-ring (bicyclic) bond motifs is 8. The maximum Gasteiger partial charge on any atom is 0.407 e. The number of aliphatic hydroxyl groups excluding tert-OH is 1. The summed E-state index contributed by atoms with van der Waals surface area (Å²) >= 11 is 0. The molecule has 0 radical (unpaired) electrons. The minimum absolute atomic E-state index is 0.0557. The molecule has 0 saturated carbocycles. The van der Waals surface area contributed by atoms with Crippen LogP contribution < -0.4 is 32.6 Å². The van der Waals surface area contributed by atoms with Crippen LogP contribution >= 0.6 is 0 Å². The minimum atomic E-state index is -1.61. The highest BCUT2D eigenvalue weighted by molar-refractivity contribution is 5.92. The maximum atomic E-state index is 14.9. The molecule has 0 fully saturated rings. The summed E-state index contributed by atoms with van der Waals surface area (Å²) in [6, 6.07) is 17.8. The number of carbonyl (C=O) groups is 5. The Morgan fingerprint density at radius 3 is 2.35 bits per heavy atom. The van der Waals surface area contributed by atoms with Gasteiger partial charge in [0.05, 0.1) is 29.0 Å². The molecular formula is C50H54FN7O10. The molecule has 5 amide bonds. The van der Waals surface area contributed by atoms with Crippen molar-refractivity contribution < 1.29 is 47.7 Å². The Morgan fingerprint density at radius 2 is 1.65 bits per heavy atom. The Balaban J connectivity index is 0.865. The smallest absolute Gasteiger partial charge is 0.407 e. The molecule has 17 nitrogen and oxygen atoms in total. The van der Waals surface area contributed by atoms with E-state index in [9.17, 15) is 38.3 Å². The number of ether oxygens (including phenoxy) is 3. The standard InChI is InChI=1S/C50H54FN7O10/c1-26(2)42(57-50(65)68-23-36-30-13-6-4-11-28(30)29-12-5-7-14-31(29)36)46(61)56-39(16-10-17-53-49(52)64)45(60)54-25-66-18-9-8-15-32-33-19-27(3)38(51)21-40(33)55-43-35(32)22-58-41(43)20-34-37(47(58)62)24-67-48(63)44(34)59/h4-7,11-14,19-21,26,36,39,42,44,59H,8-10,15-18,22-25H2,1-3H3,(H,54,60)(H,56,61)(H,57,65)(H3,52,53,64). The number of urea groups is 1. The molecule has 7 N–H and O–H groups in total. The third kappa shape index (κ3) is 9.78. The number of hydrogen-bond acceptors (Lipinski definition) is 11. The number of pyridine rings is 2. The van der Waals surface area contributed by atoms with Gasteiger partial charge in [-0.3, -0.25) is 14.4 Å². The normalized spacial score (nSPS) is 15.3. The molecule has 4 heterocycles. The lowest BCUT2D eigenvalue weighted by atomic mass is 9.94. The SMILES string of the molecule is Cc1cc2c(CCCCOCNC(=O)C(CCCNC(N)=O)NC(=O)C(NC(=O)OCC3c4ccccc4-c4ccccc43)C(C)C)c3c(nc2cc1F)-c1cc2c(c(=O)n1C3)COC(=O)C2O. The summed E-state index contributed by atoms with van der Waals surface area (Å²) in [5.74, 6) is -2.97. The van der Waals surface area contributed by atoms with E-state index < -0.39 is 59.5 Å². The number of nitrogens with one attached hydrogen (secondary N) is 4. The van der Waals surface area contributed by atoms with Crippen LogP contribution in [0.4, 0.5) is 14.0 Å². The first-order chi connectivity index (χ1) is 32.7. The van der Waals surface area contributed by atoms with Crippen LogP contribution in [0, 0.1) is 18.7 Å². The van der Waals surface area contributed by atoms with Gasteiger partial charge in [0, 0.05) is 41.6 Å². The van der Waals surface area contributed by atoms with Crippen molar-refractivity contribution in [3.8, 4) is 22.5 Å². The van der Waals surface area contributed by atoms with Crippen molar-refractivity contribution in [2.24, 2.45) is 11.7 Å². The molecule has 0 spiro atoms. The predicted molar refractivity (Wildman–Crippen MR) is 247 cm³/mol. The van der Waals surface area contributed by atoms with E-state index in [4.69, 9.17) is 24.9 Å². The maximum absolute atomic E-state index is 14.9. The molecule has 1 aliphatic carbocycles. The number of alkyl carbamates (subject to hydrolysis) is 1. The number of halogens is 1. The summed E-state index contributed by atoms with van der Waals surface area (Å²) in [5, 5.41) is 21.9. The van der Waals surface area contributed by atoms with Crippen molar-refractivity contribution in [2.75, 3.05) is 26.5 Å². The van der Waals surface area contributed by atoms with Gasteiger partial charge in [-0.1, -0.05) is 62.4 Å². The average molecular weight is 932 g/mol. The second kappa shape index (κ2) is 20.4. The van der Waals surface area contributed by atoms with E-state index >= 15 is 0 Å². The molecular weight excluding hydrogens is 878 g/mol. The number of esters is 1. The van der Waals surface area contributed by atoms with Crippen LogP contribution in [0.2, 0.25) is 0 Å². The minimum Gasteiger partial charge on any atom is -0.458 e. The monoisotopic (exact) mass is 931 g/mol. The second-order valence-corrected chi connectivity index (χ2v) is 17.6. The summed E-state index contributed by atoms with van der Waals surface area (Å²) in [4.78, 5) is 82.3. The van der Waals surface area contributed by atoms with E-state index in [2.05, 4.69) is 21.3 Å². The number of benzene rings is 3. The number of nitrogens with zero attached hydrogens (tertiary/aromatic N) is 2. The molecule has 0 bridgehead atoms. The highest BCUT2D eigenvalue weighted by Gasteiger charge is 2.36. The van der Waals surface area contributed by atoms with Gasteiger partial charge in [-0.15, -0.1) is 0 Å². The van der Waals surface area contributed by atoms with Crippen molar-refractivity contribution in [3.63, 3.8) is 0 Å². The molecule has 3 aromatic carbocycles. The fourth-order valence-corrected chi connectivity index (χ4v) is 9.30. The van der Waals surface area contributed by atoms with Gasteiger partial charge in [-0.25, -0.2) is 23.8 Å². The Kier molecular flexibility index (Phi) is 14.2. The fourth-order valence-electron chi connectivity index (χ4n) is 9.30. The fraction of sp³-hybridized carbons (Fsp3) is 0.380. The number of nitrogens with two attached hydrogens (primary N) is 1. The molecule has 0 saturated heterocycles. The highest BCUT2D eigenvalue weighted by atomic mass is 19.1. The van der Waals surface area contributed by atoms with Crippen LogP contribution in [0.3, 0.4) is 0 Å². The Hall–Kier alpha value is -7.18. The molecule has 356 valence electrons. The largest absolute Gasteiger partial charge is 0.458 e. The van der Waals surface area contributed by atoms with Crippen molar-refractivity contribution in [1.82, 2.24) is 30.8 Å². The van der Waals surface area contributed by atoms with Gasteiger partial charge in [0.15, 0.2) is 6.10 Å². The van der Waals surface area contributed by atoms with E-state index in [0.717, 1.165) is 38.8 Å². The molecule has 3 unspecified atom stereocenters. The molecule has 18 heteroatoms.